The van der Waals surface area contributed by atoms with E-state index in [1.807, 2.05) is 0 Å². The van der Waals surface area contributed by atoms with Gasteiger partial charge in [0.1, 0.15) is 0 Å². The van der Waals surface area contributed by atoms with E-state index in [2.05, 4.69) is 27.7 Å². The van der Waals surface area contributed by atoms with Crippen molar-refractivity contribution in [2.45, 2.75) is 84.4 Å². The fourth-order valence-corrected chi connectivity index (χ4v) is 5.38. The van der Waals surface area contributed by atoms with Crippen molar-refractivity contribution in [1.82, 2.24) is 0 Å². The molecule has 0 unspecified atom stereocenters. The monoisotopic (exact) mass is 272 g/mol. The topological polar surface area (TPSA) is 18.5 Å². The Morgan fingerprint density at radius 1 is 1.00 bits per heavy atom. The minimum absolute atomic E-state index is 0.481. The molecule has 0 aromatic rings. The molecule has 0 N–H and O–H groups in total. The van der Waals surface area contributed by atoms with Crippen molar-refractivity contribution < 1.29 is 8.85 Å². The van der Waals surface area contributed by atoms with Crippen LogP contribution in [0.3, 0.4) is 0 Å². The smallest absolute Gasteiger partial charge is 0.337 e. The minimum atomic E-state index is -1.89. The zero-order chi connectivity index (χ0) is 13.4. The minimum Gasteiger partial charge on any atom is -0.394 e. The normalized spacial score (nSPS) is 25.3. The van der Waals surface area contributed by atoms with Gasteiger partial charge in [0.05, 0.1) is 0 Å². The number of unbranched alkanes of at least 4 members (excludes halogenated alkanes) is 1. The van der Waals surface area contributed by atoms with Crippen LogP contribution in [0.2, 0.25) is 12.1 Å². The van der Waals surface area contributed by atoms with Crippen molar-refractivity contribution in [3.63, 3.8) is 0 Å². The second kappa shape index (κ2) is 8.34. The second-order valence-electron chi connectivity index (χ2n) is 5.82. The third kappa shape index (κ3) is 5.02. The second-order valence-corrected chi connectivity index (χ2v) is 9.58. The van der Waals surface area contributed by atoms with Crippen LogP contribution in [0, 0.1) is 5.92 Å². The van der Waals surface area contributed by atoms with Crippen LogP contribution in [0.1, 0.15) is 66.2 Å². The van der Waals surface area contributed by atoms with Crippen LogP contribution >= 0.6 is 0 Å². The molecular formula is C15H32O2Si. The summed E-state index contributed by atoms with van der Waals surface area (Å²) in [5, 5.41) is 0. The molecule has 0 radical (unpaired) electrons. The summed E-state index contributed by atoms with van der Waals surface area (Å²) in [6, 6.07) is 2.19. The Balaban J connectivity index is 2.44. The van der Waals surface area contributed by atoms with Gasteiger partial charge in [0.15, 0.2) is 0 Å². The van der Waals surface area contributed by atoms with E-state index < -0.39 is 8.56 Å². The first kappa shape index (κ1) is 16.2. The molecule has 1 saturated carbocycles. The molecule has 1 rings (SSSR count). The Hall–Kier alpha value is 0.137. The third-order valence-corrected chi connectivity index (χ3v) is 7.93. The molecule has 0 heterocycles. The lowest BCUT2D eigenvalue weighted by molar-refractivity contribution is 0.0758. The molecule has 0 atom stereocenters. The maximum absolute atomic E-state index is 6.49. The largest absolute Gasteiger partial charge is 0.394 e. The molecule has 0 amide bonds. The summed E-state index contributed by atoms with van der Waals surface area (Å²) in [5.74, 6) is 0.894. The van der Waals surface area contributed by atoms with E-state index in [-0.39, 0.29) is 0 Å². The number of hydrogen-bond acceptors (Lipinski definition) is 2. The van der Waals surface area contributed by atoms with Crippen LogP contribution in [0.4, 0.5) is 0 Å². The maximum atomic E-state index is 6.49. The fourth-order valence-electron chi connectivity index (χ4n) is 2.71. The lowest BCUT2D eigenvalue weighted by Crippen LogP contribution is -2.45. The van der Waals surface area contributed by atoms with Crippen molar-refractivity contribution in [2.75, 3.05) is 6.61 Å². The highest BCUT2D eigenvalue weighted by molar-refractivity contribution is 6.67. The van der Waals surface area contributed by atoms with Crippen molar-refractivity contribution in [1.29, 1.82) is 0 Å². The van der Waals surface area contributed by atoms with E-state index in [0.717, 1.165) is 24.6 Å². The summed E-state index contributed by atoms with van der Waals surface area (Å²) in [6.07, 6.45) is 8.00. The van der Waals surface area contributed by atoms with Crippen LogP contribution in [-0.2, 0) is 8.85 Å². The standard InChI is InChI=1S/C15H32O2Si/c1-5-8-13-16-18(6-2,7-3)17-15-11-9-14(4)10-12-15/h14-15H,5-13H2,1-4H3. The van der Waals surface area contributed by atoms with Gasteiger partial charge in [-0.3, -0.25) is 0 Å². The van der Waals surface area contributed by atoms with Crippen molar-refractivity contribution >= 4 is 8.56 Å². The molecule has 0 aromatic heterocycles. The average Bonchev–Trinajstić information content (AvgIpc) is 2.40. The molecule has 108 valence electrons. The van der Waals surface area contributed by atoms with Gasteiger partial charge in [-0.2, -0.15) is 0 Å². The van der Waals surface area contributed by atoms with E-state index in [1.165, 1.54) is 38.5 Å². The van der Waals surface area contributed by atoms with E-state index in [1.54, 1.807) is 0 Å². The molecule has 3 heteroatoms. The average molecular weight is 273 g/mol. The van der Waals surface area contributed by atoms with Gasteiger partial charge in [-0.15, -0.1) is 0 Å². The van der Waals surface area contributed by atoms with Gasteiger partial charge >= 0.3 is 8.56 Å². The molecule has 0 aromatic carbocycles. The number of rotatable bonds is 8. The predicted octanol–water partition coefficient (Wildman–Crippen LogP) is 4.88. The van der Waals surface area contributed by atoms with Crippen LogP contribution in [-0.4, -0.2) is 21.3 Å². The van der Waals surface area contributed by atoms with Gasteiger partial charge in [0.25, 0.3) is 0 Å². The van der Waals surface area contributed by atoms with Crippen molar-refractivity contribution in [3.05, 3.63) is 0 Å². The highest BCUT2D eigenvalue weighted by atomic mass is 28.4. The first-order valence-electron chi connectivity index (χ1n) is 7.97. The molecule has 2 nitrogen and oxygen atoms in total. The molecule has 0 saturated heterocycles. The van der Waals surface area contributed by atoms with Gasteiger partial charge in [0.2, 0.25) is 0 Å². The van der Waals surface area contributed by atoms with Crippen molar-refractivity contribution in [3.8, 4) is 0 Å². The lowest BCUT2D eigenvalue weighted by Gasteiger charge is -2.36. The molecule has 1 aliphatic rings. The molecule has 1 fully saturated rings. The summed E-state index contributed by atoms with van der Waals surface area (Å²) in [7, 11) is -1.89. The summed E-state index contributed by atoms with van der Waals surface area (Å²) in [4.78, 5) is 0. The zero-order valence-corrected chi connectivity index (χ0v) is 13.8. The van der Waals surface area contributed by atoms with E-state index in [9.17, 15) is 0 Å². The highest BCUT2D eigenvalue weighted by Crippen LogP contribution is 2.30. The molecule has 18 heavy (non-hydrogen) atoms. The lowest BCUT2D eigenvalue weighted by atomic mass is 9.89. The van der Waals surface area contributed by atoms with Gasteiger partial charge in [0, 0.05) is 12.7 Å². The number of hydrogen-bond donors (Lipinski definition) is 0. The Kier molecular flexibility index (Phi) is 7.50. The molecule has 0 bridgehead atoms. The van der Waals surface area contributed by atoms with Crippen molar-refractivity contribution in [2.24, 2.45) is 5.92 Å². The molecule has 0 spiro atoms. The molecular weight excluding hydrogens is 240 g/mol. The van der Waals surface area contributed by atoms with E-state index >= 15 is 0 Å². The third-order valence-electron chi connectivity index (χ3n) is 4.28. The zero-order valence-electron chi connectivity index (χ0n) is 12.8. The van der Waals surface area contributed by atoms with Crippen LogP contribution in [0.15, 0.2) is 0 Å². The summed E-state index contributed by atoms with van der Waals surface area (Å²) in [6.45, 7) is 9.96. The van der Waals surface area contributed by atoms with E-state index in [4.69, 9.17) is 8.85 Å². The van der Waals surface area contributed by atoms with Gasteiger partial charge in [-0.05, 0) is 50.1 Å². The van der Waals surface area contributed by atoms with E-state index in [0.29, 0.717) is 6.10 Å². The van der Waals surface area contributed by atoms with Gasteiger partial charge < -0.3 is 8.85 Å². The van der Waals surface area contributed by atoms with Crippen LogP contribution in [0.25, 0.3) is 0 Å². The predicted molar refractivity (Wildman–Crippen MR) is 80.1 cm³/mol. The van der Waals surface area contributed by atoms with Gasteiger partial charge in [-0.1, -0.05) is 34.1 Å². The van der Waals surface area contributed by atoms with Gasteiger partial charge in [-0.25, -0.2) is 0 Å². The Morgan fingerprint density at radius 2 is 1.61 bits per heavy atom. The maximum Gasteiger partial charge on any atom is 0.337 e. The Morgan fingerprint density at radius 3 is 2.11 bits per heavy atom. The quantitative estimate of drug-likeness (QED) is 0.463. The first-order valence-corrected chi connectivity index (χ1v) is 10.2. The highest BCUT2D eigenvalue weighted by Gasteiger charge is 2.37. The Labute approximate surface area is 115 Å². The molecule has 0 aliphatic heterocycles. The fraction of sp³-hybridized carbons (Fsp3) is 1.00. The summed E-state index contributed by atoms with van der Waals surface area (Å²) >= 11 is 0. The SMILES string of the molecule is CCCCO[Si](CC)(CC)OC1CCC(C)CC1. The summed E-state index contributed by atoms with van der Waals surface area (Å²) in [5.41, 5.74) is 0. The summed E-state index contributed by atoms with van der Waals surface area (Å²) < 4.78 is 12.7. The van der Waals surface area contributed by atoms with Crippen LogP contribution in [0.5, 0.6) is 0 Å². The first-order chi connectivity index (χ1) is 8.65. The van der Waals surface area contributed by atoms with Crippen LogP contribution < -0.4 is 0 Å². The Bertz CT molecular complexity index is 209. The molecule has 1 aliphatic carbocycles.